The molecule has 2 aromatic carbocycles. The molecule has 2 heterocycles. The molecule has 2 atom stereocenters. The monoisotopic (exact) mass is 491 g/mol. The molecule has 0 saturated carbocycles. The number of nitrogens with zero attached hydrogens (tertiary/aromatic N) is 2. The van der Waals surface area contributed by atoms with Gasteiger partial charge in [0.1, 0.15) is 21.7 Å². The van der Waals surface area contributed by atoms with Crippen LogP contribution in [0.4, 0.5) is 8.78 Å². The predicted molar refractivity (Wildman–Crippen MR) is 124 cm³/mol. The van der Waals surface area contributed by atoms with Gasteiger partial charge in [0, 0.05) is 35.1 Å². The SMILES string of the molecule is [B]c1cc(CN([B])C(=O)C(F)(F)c2ccc(Cl)cc2)cc2c1C(=O)N(C1CCC(=O)NC1=O)C2[B]. The van der Waals surface area contributed by atoms with E-state index < -0.39 is 53.6 Å². The molecule has 35 heavy (non-hydrogen) atoms. The zero-order valence-electron chi connectivity index (χ0n) is 18.1. The zero-order chi connectivity index (χ0) is 25.7. The summed E-state index contributed by atoms with van der Waals surface area (Å²) in [6, 6.07) is 6.28. The van der Waals surface area contributed by atoms with Crippen molar-refractivity contribution >= 4 is 64.4 Å². The summed E-state index contributed by atoms with van der Waals surface area (Å²) in [5.41, 5.74) is -0.0360. The quantitative estimate of drug-likeness (QED) is 0.495. The lowest BCUT2D eigenvalue weighted by Crippen LogP contribution is -2.53. The first kappa shape index (κ1) is 25.0. The Balaban J connectivity index is 1.56. The van der Waals surface area contributed by atoms with Gasteiger partial charge in [0.15, 0.2) is 0 Å². The normalized spacial score (nSPS) is 20.0. The molecule has 4 amide bonds. The Bertz CT molecular complexity index is 1250. The highest BCUT2D eigenvalue weighted by molar-refractivity contribution is 6.38. The van der Waals surface area contributed by atoms with Gasteiger partial charge in [-0.1, -0.05) is 41.3 Å². The second kappa shape index (κ2) is 9.15. The number of alkyl halides is 2. The maximum atomic E-state index is 14.7. The lowest BCUT2D eigenvalue weighted by Gasteiger charge is -2.33. The van der Waals surface area contributed by atoms with Crippen LogP contribution in [0.15, 0.2) is 36.4 Å². The van der Waals surface area contributed by atoms with Crippen molar-refractivity contribution in [2.75, 3.05) is 0 Å². The first-order chi connectivity index (χ1) is 16.4. The minimum atomic E-state index is -3.92. The topological polar surface area (TPSA) is 86.8 Å². The number of benzene rings is 2. The third-order valence-corrected chi connectivity index (χ3v) is 6.21. The summed E-state index contributed by atoms with van der Waals surface area (Å²) in [5, 5.41) is 2.40. The fraction of sp³-hybridized carbons (Fsp3) is 0.273. The van der Waals surface area contributed by atoms with Crippen molar-refractivity contribution in [2.45, 2.75) is 37.3 Å². The number of carbonyl (C=O) groups excluding carboxylic acids is 4. The van der Waals surface area contributed by atoms with Crippen LogP contribution in [-0.4, -0.2) is 63.1 Å². The van der Waals surface area contributed by atoms with E-state index in [9.17, 15) is 28.0 Å². The Morgan fingerprint density at radius 1 is 1.20 bits per heavy atom. The van der Waals surface area contributed by atoms with E-state index in [1.165, 1.54) is 24.3 Å². The summed E-state index contributed by atoms with van der Waals surface area (Å²) in [7, 11) is 18.0. The Labute approximate surface area is 208 Å². The van der Waals surface area contributed by atoms with E-state index in [-0.39, 0.29) is 40.0 Å². The lowest BCUT2D eigenvalue weighted by molar-refractivity contribution is -0.154. The van der Waals surface area contributed by atoms with Gasteiger partial charge in [-0.3, -0.25) is 24.5 Å². The van der Waals surface area contributed by atoms with Crippen molar-refractivity contribution < 1.29 is 28.0 Å². The number of piperidine rings is 1. The predicted octanol–water partition coefficient (Wildman–Crippen LogP) is 0.766. The van der Waals surface area contributed by atoms with Crippen LogP contribution in [0.1, 0.15) is 45.8 Å². The molecule has 2 aromatic rings. The minimum absolute atomic E-state index is 0.0157. The molecule has 1 fully saturated rings. The summed E-state index contributed by atoms with van der Waals surface area (Å²) >= 11 is 5.72. The van der Waals surface area contributed by atoms with E-state index >= 15 is 0 Å². The third kappa shape index (κ3) is 4.47. The number of amides is 4. The van der Waals surface area contributed by atoms with Gasteiger partial charge in [0.2, 0.25) is 19.8 Å². The molecular weight excluding hydrogens is 476 g/mol. The Morgan fingerprint density at radius 2 is 1.86 bits per heavy atom. The fourth-order valence-electron chi connectivity index (χ4n) is 4.24. The summed E-state index contributed by atoms with van der Waals surface area (Å²) in [4.78, 5) is 50.7. The van der Waals surface area contributed by atoms with Crippen LogP contribution in [0.5, 0.6) is 0 Å². The Hall–Kier alpha value is -3.14. The Morgan fingerprint density at radius 3 is 2.49 bits per heavy atom. The van der Waals surface area contributed by atoms with E-state index in [4.69, 9.17) is 35.3 Å². The Kier molecular flexibility index (Phi) is 6.53. The third-order valence-electron chi connectivity index (χ3n) is 5.96. The van der Waals surface area contributed by atoms with Crippen LogP contribution >= 0.6 is 11.6 Å². The molecule has 0 bridgehead atoms. The number of halogens is 3. The summed E-state index contributed by atoms with van der Waals surface area (Å²) < 4.78 is 29.4. The van der Waals surface area contributed by atoms with Crippen molar-refractivity contribution in [2.24, 2.45) is 0 Å². The summed E-state index contributed by atoms with van der Waals surface area (Å²) in [6.45, 7) is -0.460. The van der Waals surface area contributed by atoms with Gasteiger partial charge >= 0.3 is 5.92 Å². The van der Waals surface area contributed by atoms with E-state index in [0.717, 1.165) is 17.0 Å². The first-order valence-electron chi connectivity index (χ1n) is 10.5. The molecule has 6 radical (unpaired) electrons. The van der Waals surface area contributed by atoms with Gasteiger partial charge in [-0.2, -0.15) is 8.78 Å². The standard InChI is InChI=1S/C22H15B3ClF2N3O4/c23-14-8-10(9-30(25)21(35)22(27,28)11-1-3-12(26)4-2-11)7-13-17(14)20(34)31(18(13)24)15-5-6-16(32)29-19(15)33/h1-4,7-8,15,18H,5-6,9H2,(H,29,32,33). The fourth-order valence-corrected chi connectivity index (χ4v) is 4.37. The smallest absolute Gasteiger partial charge is 0.348 e. The van der Waals surface area contributed by atoms with Gasteiger partial charge < -0.3 is 9.71 Å². The van der Waals surface area contributed by atoms with Crippen LogP contribution in [0.2, 0.25) is 5.02 Å². The molecule has 0 aromatic heterocycles. The van der Waals surface area contributed by atoms with Crippen molar-refractivity contribution in [1.29, 1.82) is 0 Å². The molecule has 2 unspecified atom stereocenters. The zero-order valence-corrected chi connectivity index (χ0v) is 18.9. The molecule has 172 valence electrons. The van der Waals surface area contributed by atoms with Crippen molar-refractivity contribution in [3.63, 3.8) is 0 Å². The van der Waals surface area contributed by atoms with E-state index in [0.29, 0.717) is 4.81 Å². The minimum Gasteiger partial charge on any atom is -0.387 e. The number of nitrogens with one attached hydrogen (secondary N) is 1. The second-order valence-corrected chi connectivity index (χ2v) is 8.72. The largest absolute Gasteiger partial charge is 0.387 e. The molecule has 2 aliphatic heterocycles. The molecule has 0 aliphatic carbocycles. The average molecular weight is 491 g/mol. The van der Waals surface area contributed by atoms with E-state index in [1.807, 2.05) is 0 Å². The summed E-state index contributed by atoms with van der Waals surface area (Å²) in [6.07, 6.45) is 0.131. The maximum absolute atomic E-state index is 14.7. The van der Waals surface area contributed by atoms with E-state index in [2.05, 4.69) is 5.32 Å². The van der Waals surface area contributed by atoms with Crippen LogP contribution in [0.3, 0.4) is 0 Å². The van der Waals surface area contributed by atoms with Gasteiger partial charge in [-0.15, -0.1) is 0 Å². The number of carbonyl (C=O) groups is 4. The molecule has 2 aliphatic rings. The number of imide groups is 1. The number of hydrogen-bond acceptors (Lipinski definition) is 4. The first-order valence-corrected chi connectivity index (χ1v) is 10.8. The maximum Gasteiger partial charge on any atom is 0.348 e. The highest BCUT2D eigenvalue weighted by Crippen LogP contribution is 2.35. The molecular formula is C22H15B3ClF2N3O4. The highest BCUT2D eigenvalue weighted by Gasteiger charge is 2.44. The second-order valence-electron chi connectivity index (χ2n) is 8.29. The molecule has 7 nitrogen and oxygen atoms in total. The van der Waals surface area contributed by atoms with Crippen LogP contribution in [0, 0.1) is 0 Å². The molecule has 4 rings (SSSR count). The number of hydrogen-bond donors (Lipinski definition) is 1. The molecule has 0 spiro atoms. The molecule has 1 saturated heterocycles. The van der Waals surface area contributed by atoms with Crippen LogP contribution in [0.25, 0.3) is 0 Å². The van der Waals surface area contributed by atoms with E-state index in [1.54, 1.807) is 0 Å². The molecule has 1 N–H and O–H groups in total. The van der Waals surface area contributed by atoms with Crippen LogP contribution in [-0.2, 0) is 26.9 Å². The molecule has 13 heteroatoms. The number of fused-ring (bicyclic) bond motifs is 1. The van der Waals surface area contributed by atoms with Crippen LogP contribution < -0.4 is 10.8 Å². The van der Waals surface area contributed by atoms with Gasteiger partial charge in [0.25, 0.3) is 11.8 Å². The summed E-state index contributed by atoms with van der Waals surface area (Å²) in [5.74, 6) is -8.36. The average Bonchev–Trinajstić information content (AvgIpc) is 3.04. The van der Waals surface area contributed by atoms with Crippen molar-refractivity contribution in [1.82, 2.24) is 15.0 Å². The van der Waals surface area contributed by atoms with Gasteiger partial charge in [0.05, 0.1) is 0 Å². The lowest BCUT2D eigenvalue weighted by atomic mass is 9.81. The number of rotatable bonds is 5. The highest BCUT2D eigenvalue weighted by atomic mass is 35.5. The van der Waals surface area contributed by atoms with Crippen molar-refractivity contribution in [3.05, 3.63) is 63.7 Å². The van der Waals surface area contributed by atoms with Crippen molar-refractivity contribution in [3.8, 4) is 0 Å². The van der Waals surface area contributed by atoms with Gasteiger partial charge in [-0.25, -0.2) is 0 Å². The van der Waals surface area contributed by atoms with Gasteiger partial charge in [-0.05, 0) is 29.7 Å².